The van der Waals surface area contributed by atoms with E-state index in [2.05, 4.69) is 15.3 Å². The van der Waals surface area contributed by atoms with Crippen molar-refractivity contribution < 1.29 is 13.2 Å². The maximum atomic E-state index is 12.6. The van der Waals surface area contributed by atoms with Crippen molar-refractivity contribution in [1.82, 2.24) is 9.97 Å². The van der Waals surface area contributed by atoms with Gasteiger partial charge in [-0.3, -0.25) is 0 Å². The van der Waals surface area contributed by atoms with E-state index in [1.54, 1.807) is 12.1 Å². The van der Waals surface area contributed by atoms with Gasteiger partial charge in [-0.15, -0.1) is 0 Å². The lowest BCUT2D eigenvalue weighted by Crippen LogP contribution is -2.04. The zero-order valence-corrected chi connectivity index (χ0v) is 12.8. The average Bonchev–Trinajstić information content (AvgIpc) is 2.48. The Balaban J connectivity index is 1.99. The summed E-state index contributed by atoms with van der Waals surface area (Å²) in [6.45, 7) is 0. The molecule has 1 heterocycles. The van der Waals surface area contributed by atoms with Crippen LogP contribution in [0.15, 0.2) is 42.7 Å². The third-order valence-electron chi connectivity index (χ3n) is 3.13. The minimum absolute atomic E-state index is 0.366. The highest BCUT2D eigenvalue weighted by Crippen LogP contribution is 2.33. The maximum absolute atomic E-state index is 12.6. The Morgan fingerprint density at radius 2 is 1.65 bits per heavy atom. The Bertz CT molecular complexity index is 864. The molecule has 0 radical (unpaired) electrons. The molecule has 0 spiro atoms. The van der Waals surface area contributed by atoms with Crippen LogP contribution in [0.1, 0.15) is 5.56 Å². The summed E-state index contributed by atoms with van der Waals surface area (Å²) in [7, 11) is 0. The van der Waals surface area contributed by atoms with Crippen LogP contribution in [-0.2, 0) is 6.18 Å². The lowest BCUT2D eigenvalue weighted by Gasteiger charge is -2.11. The lowest BCUT2D eigenvalue weighted by molar-refractivity contribution is -0.137. The first kappa shape index (κ1) is 15.8. The van der Waals surface area contributed by atoms with Gasteiger partial charge in [0.2, 0.25) is 0 Å². The predicted octanol–water partition coefficient (Wildman–Crippen LogP) is 5.70. The number of hydrogen-bond acceptors (Lipinski definition) is 3. The van der Waals surface area contributed by atoms with Gasteiger partial charge >= 0.3 is 6.18 Å². The standard InChI is InChI=1S/C15H8Cl2F3N3/c16-9-5-11-13(12(17)6-9)21-7-22-14(11)23-10-3-1-8(2-4-10)15(18,19)20/h1-7H,(H,21,22,23). The van der Waals surface area contributed by atoms with Crippen LogP contribution in [0.4, 0.5) is 24.7 Å². The van der Waals surface area contributed by atoms with Crippen LogP contribution < -0.4 is 5.32 Å². The predicted molar refractivity (Wildman–Crippen MR) is 84.3 cm³/mol. The van der Waals surface area contributed by atoms with E-state index in [1.807, 2.05) is 0 Å². The Morgan fingerprint density at radius 1 is 0.957 bits per heavy atom. The molecule has 118 valence electrons. The van der Waals surface area contributed by atoms with E-state index in [1.165, 1.54) is 18.5 Å². The van der Waals surface area contributed by atoms with E-state index in [4.69, 9.17) is 23.2 Å². The summed E-state index contributed by atoms with van der Waals surface area (Å²) in [5, 5.41) is 4.29. The Hall–Kier alpha value is -2.05. The minimum atomic E-state index is -4.37. The molecule has 1 N–H and O–H groups in total. The molecule has 0 fully saturated rings. The first-order valence-corrected chi connectivity index (χ1v) is 7.14. The van der Waals surface area contributed by atoms with Crippen molar-refractivity contribution in [3.05, 3.63) is 58.3 Å². The molecule has 23 heavy (non-hydrogen) atoms. The molecule has 0 saturated heterocycles. The summed E-state index contributed by atoms with van der Waals surface area (Å²) < 4.78 is 37.7. The van der Waals surface area contributed by atoms with Crippen LogP contribution in [0.3, 0.4) is 0 Å². The Morgan fingerprint density at radius 3 is 2.30 bits per heavy atom. The van der Waals surface area contributed by atoms with E-state index in [9.17, 15) is 13.2 Å². The third kappa shape index (κ3) is 3.33. The molecule has 0 aliphatic heterocycles. The van der Waals surface area contributed by atoms with Crippen LogP contribution in [0.5, 0.6) is 0 Å². The monoisotopic (exact) mass is 357 g/mol. The molecular weight excluding hydrogens is 350 g/mol. The largest absolute Gasteiger partial charge is 0.416 e. The van der Waals surface area contributed by atoms with Gasteiger partial charge in [0.25, 0.3) is 0 Å². The van der Waals surface area contributed by atoms with Crippen molar-refractivity contribution in [3.8, 4) is 0 Å². The van der Waals surface area contributed by atoms with Crippen LogP contribution in [-0.4, -0.2) is 9.97 Å². The molecule has 3 aromatic rings. The molecule has 2 aromatic carbocycles. The molecule has 0 unspecified atom stereocenters. The van der Waals surface area contributed by atoms with Gasteiger partial charge in [0.15, 0.2) is 0 Å². The smallest absolute Gasteiger partial charge is 0.340 e. The normalized spacial score (nSPS) is 11.7. The number of nitrogens with zero attached hydrogens (tertiary/aromatic N) is 2. The van der Waals surface area contributed by atoms with Gasteiger partial charge in [-0.1, -0.05) is 23.2 Å². The van der Waals surface area contributed by atoms with Crippen LogP contribution in [0, 0.1) is 0 Å². The molecule has 0 bridgehead atoms. The van der Waals surface area contributed by atoms with Gasteiger partial charge in [0, 0.05) is 16.1 Å². The van der Waals surface area contributed by atoms with Crippen LogP contribution in [0.25, 0.3) is 10.9 Å². The van der Waals surface area contributed by atoms with Crippen molar-refractivity contribution >= 4 is 45.6 Å². The topological polar surface area (TPSA) is 37.8 Å². The number of benzene rings is 2. The molecular formula is C15H8Cl2F3N3. The van der Waals surface area contributed by atoms with Gasteiger partial charge in [0.05, 0.1) is 16.1 Å². The van der Waals surface area contributed by atoms with Gasteiger partial charge < -0.3 is 5.32 Å². The van der Waals surface area contributed by atoms with Crippen molar-refractivity contribution in [2.75, 3.05) is 5.32 Å². The summed E-state index contributed by atoms with van der Waals surface area (Å²) in [6, 6.07) is 7.82. The molecule has 0 amide bonds. The summed E-state index contributed by atoms with van der Waals surface area (Å²) in [4.78, 5) is 8.17. The fourth-order valence-corrected chi connectivity index (χ4v) is 2.61. The zero-order chi connectivity index (χ0) is 16.6. The molecule has 3 rings (SSSR count). The number of nitrogens with one attached hydrogen (secondary N) is 1. The number of aromatic nitrogens is 2. The highest BCUT2D eigenvalue weighted by molar-refractivity contribution is 6.38. The van der Waals surface area contributed by atoms with Gasteiger partial charge in [-0.2, -0.15) is 13.2 Å². The van der Waals surface area contributed by atoms with E-state index < -0.39 is 11.7 Å². The van der Waals surface area contributed by atoms with Crippen molar-refractivity contribution in [2.45, 2.75) is 6.18 Å². The summed E-state index contributed by atoms with van der Waals surface area (Å²) >= 11 is 12.1. The second kappa shape index (κ2) is 5.86. The van der Waals surface area contributed by atoms with Gasteiger partial charge in [-0.25, -0.2) is 9.97 Å². The number of anilines is 2. The Kier molecular flexibility index (Phi) is 4.04. The molecule has 0 atom stereocenters. The van der Waals surface area contributed by atoms with Gasteiger partial charge in [0.1, 0.15) is 12.1 Å². The maximum Gasteiger partial charge on any atom is 0.416 e. The molecule has 8 heteroatoms. The fraction of sp³-hybridized carbons (Fsp3) is 0.0667. The summed E-state index contributed by atoms with van der Waals surface area (Å²) in [5.74, 6) is 0.402. The molecule has 0 aliphatic carbocycles. The third-order valence-corrected chi connectivity index (χ3v) is 3.64. The average molecular weight is 358 g/mol. The lowest BCUT2D eigenvalue weighted by atomic mass is 10.2. The van der Waals surface area contributed by atoms with E-state index in [0.29, 0.717) is 32.5 Å². The van der Waals surface area contributed by atoms with E-state index in [0.717, 1.165) is 12.1 Å². The Labute approximate surface area is 139 Å². The second-order valence-electron chi connectivity index (χ2n) is 4.71. The highest BCUT2D eigenvalue weighted by Gasteiger charge is 2.29. The number of hydrogen-bond donors (Lipinski definition) is 1. The molecule has 0 saturated carbocycles. The SMILES string of the molecule is FC(F)(F)c1ccc(Nc2ncnc3c(Cl)cc(Cl)cc23)cc1. The zero-order valence-electron chi connectivity index (χ0n) is 11.3. The number of halogens is 5. The summed E-state index contributed by atoms with van der Waals surface area (Å²) in [6.07, 6.45) is -3.06. The number of fused-ring (bicyclic) bond motifs is 1. The van der Waals surface area contributed by atoms with Crippen molar-refractivity contribution in [2.24, 2.45) is 0 Å². The fourth-order valence-electron chi connectivity index (χ4n) is 2.07. The summed E-state index contributed by atoms with van der Waals surface area (Å²) in [5.41, 5.74) is 0.233. The molecule has 1 aromatic heterocycles. The van der Waals surface area contributed by atoms with Crippen molar-refractivity contribution in [1.29, 1.82) is 0 Å². The van der Waals surface area contributed by atoms with Gasteiger partial charge in [-0.05, 0) is 36.4 Å². The molecule has 0 aliphatic rings. The number of rotatable bonds is 2. The van der Waals surface area contributed by atoms with Crippen LogP contribution >= 0.6 is 23.2 Å². The first-order valence-electron chi connectivity index (χ1n) is 6.38. The highest BCUT2D eigenvalue weighted by atomic mass is 35.5. The van der Waals surface area contributed by atoms with Crippen LogP contribution in [0.2, 0.25) is 10.0 Å². The quantitative estimate of drug-likeness (QED) is 0.639. The first-order chi connectivity index (χ1) is 10.8. The van der Waals surface area contributed by atoms with E-state index in [-0.39, 0.29) is 0 Å². The second-order valence-corrected chi connectivity index (χ2v) is 5.55. The van der Waals surface area contributed by atoms with E-state index >= 15 is 0 Å². The van der Waals surface area contributed by atoms with Crippen molar-refractivity contribution in [3.63, 3.8) is 0 Å². The minimum Gasteiger partial charge on any atom is -0.340 e. The number of alkyl halides is 3. The molecule has 3 nitrogen and oxygen atoms in total.